The number of thioether (sulfide) groups is 1. The third-order valence-electron chi connectivity index (χ3n) is 3.96. The van der Waals surface area contributed by atoms with Crippen molar-refractivity contribution >= 4 is 39.9 Å². The molecule has 1 fully saturated rings. The maximum atomic E-state index is 12.5. The fraction of sp³-hybridized carbons (Fsp3) is 0.353. The average Bonchev–Trinajstić information content (AvgIpc) is 3.23. The molecule has 1 aromatic carbocycles. The van der Waals surface area contributed by atoms with Gasteiger partial charge in [-0.2, -0.15) is 0 Å². The SMILES string of the molecule is NC(=O)CSc1nc(-c2ccccc2)c(NC(=O)C2CCCC2)s1. The van der Waals surface area contributed by atoms with Gasteiger partial charge < -0.3 is 11.1 Å². The van der Waals surface area contributed by atoms with Crippen LogP contribution in [0.3, 0.4) is 0 Å². The minimum absolute atomic E-state index is 0.0692. The summed E-state index contributed by atoms with van der Waals surface area (Å²) in [5, 5.41) is 3.79. The van der Waals surface area contributed by atoms with E-state index >= 15 is 0 Å². The van der Waals surface area contributed by atoms with Gasteiger partial charge in [0, 0.05) is 11.5 Å². The Kier molecular flexibility index (Phi) is 5.52. The molecule has 0 atom stereocenters. The van der Waals surface area contributed by atoms with Gasteiger partial charge in [0.25, 0.3) is 0 Å². The number of primary amides is 1. The van der Waals surface area contributed by atoms with Crippen LogP contribution in [-0.4, -0.2) is 22.6 Å². The second-order valence-electron chi connectivity index (χ2n) is 5.75. The van der Waals surface area contributed by atoms with E-state index in [0.717, 1.165) is 46.3 Å². The quantitative estimate of drug-likeness (QED) is 0.771. The molecule has 1 heterocycles. The predicted molar refractivity (Wildman–Crippen MR) is 98.1 cm³/mol. The molecule has 0 spiro atoms. The summed E-state index contributed by atoms with van der Waals surface area (Å²) in [5.41, 5.74) is 6.90. The summed E-state index contributed by atoms with van der Waals surface area (Å²) < 4.78 is 0.731. The van der Waals surface area contributed by atoms with Crippen molar-refractivity contribution < 1.29 is 9.59 Å². The zero-order valence-corrected chi connectivity index (χ0v) is 14.8. The normalized spacial score (nSPS) is 14.7. The minimum atomic E-state index is -0.381. The molecular weight excluding hydrogens is 342 g/mol. The third kappa shape index (κ3) is 4.15. The van der Waals surface area contributed by atoms with Gasteiger partial charge in [-0.15, -0.1) is 0 Å². The van der Waals surface area contributed by atoms with Gasteiger partial charge in [-0.05, 0) is 12.8 Å². The fourth-order valence-electron chi connectivity index (χ4n) is 2.77. The largest absolute Gasteiger partial charge is 0.369 e. The van der Waals surface area contributed by atoms with Crippen LogP contribution in [-0.2, 0) is 9.59 Å². The fourth-order valence-corrected chi connectivity index (χ4v) is 4.58. The smallest absolute Gasteiger partial charge is 0.228 e. The molecule has 0 unspecified atom stereocenters. The lowest BCUT2D eigenvalue weighted by Crippen LogP contribution is -2.20. The number of nitrogens with one attached hydrogen (secondary N) is 1. The van der Waals surface area contributed by atoms with Crippen LogP contribution in [0, 0.1) is 5.92 Å². The molecule has 0 aliphatic heterocycles. The van der Waals surface area contributed by atoms with Crippen molar-refractivity contribution in [3.63, 3.8) is 0 Å². The molecular formula is C17H19N3O2S2. The van der Waals surface area contributed by atoms with Crippen molar-refractivity contribution in [2.24, 2.45) is 11.7 Å². The number of nitrogens with two attached hydrogens (primary N) is 1. The molecule has 2 aromatic rings. The lowest BCUT2D eigenvalue weighted by molar-refractivity contribution is -0.119. The second-order valence-corrected chi connectivity index (χ2v) is 7.97. The van der Waals surface area contributed by atoms with Crippen LogP contribution in [0.4, 0.5) is 5.00 Å². The molecule has 1 aliphatic rings. The van der Waals surface area contributed by atoms with Gasteiger partial charge in [-0.1, -0.05) is 66.3 Å². The molecule has 126 valence electrons. The maximum Gasteiger partial charge on any atom is 0.228 e. The maximum absolute atomic E-state index is 12.5. The van der Waals surface area contributed by atoms with Gasteiger partial charge in [-0.3, -0.25) is 9.59 Å². The van der Waals surface area contributed by atoms with Crippen LogP contribution in [0.2, 0.25) is 0 Å². The first kappa shape index (κ1) is 17.0. The van der Waals surface area contributed by atoms with E-state index in [1.165, 1.54) is 23.1 Å². The minimum Gasteiger partial charge on any atom is -0.369 e. The highest BCUT2D eigenvalue weighted by Gasteiger charge is 2.25. The van der Waals surface area contributed by atoms with Gasteiger partial charge in [0.05, 0.1) is 5.75 Å². The Hall–Kier alpha value is -1.86. The molecule has 24 heavy (non-hydrogen) atoms. The van der Waals surface area contributed by atoms with E-state index in [1.807, 2.05) is 30.3 Å². The lowest BCUT2D eigenvalue weighted by atomic mass is 10.1. The monoisotopic (exact) mass is 361 g/mol. The Morgan fingerprint density at radius 1 is 1.25 bits per heavy atom. The summed E-state index contributed by atoms with van der Waals surface area (Å²) >= 11 is 2.69. The zero-order valence-electron chi connectivity index (χ0n) is 13.2. The number of benzene rings is 1. The summed E-state index contributed by atoms with van der Waals surface area (Å²) in [5.74, 6) is -0.0391. The summed E-state index contributed by atoms with van der Waals surface area (Å²) in [6.45, 7) is 0. The molecule has 7 heteroatoms. The van der Waals surface area contributed by atoms with E-state index < -0.39 is 0 Å². The van der Waals surface area contributed by atoms with Crippen LogP contribution < -0.4 is 11.1 Å². The highest BCUT2D eigenvalue weighted by atomic mass is 32.2. The number of nitrogens with zero attached hydrogens (tertiary/aromatic N) is 1. The van der Waals surface area contributed by atoms with Crippen molar-refractivity contribution in [2.75, 3.05) is 11.1 Å². The van der Waals surface area contributed by atoms with Crippen molar-refractivity contribution in [3.8, 4) is 11.3 Å². The van der Waals surface area contributed by atoms with Gasteiger partial charge >= 0.3 is 0 Å². The van der Waals surface area contributed by atoms with Crippen LogP contribution in [0.25, 0.3) is 11.3 Å². The molecule has 1 saturated carbocycles. The van der Waals surface area contributed by atoms with Gasteiger partial charge in [0.2, 0.25) is 11.8 Å². The summed E-state index contributed by atoms with van der Waals surface area (Å²) in [6.07, 6.45) is 4.14. The number of thiazole rings is 1. The van der Waals surface area contributed by atoms with E-state index in [0.29, 0.717) is 0 Å². The van der Waals surface area contributed by atoms with Crippen molar-refractivity contribution in [2.45, 2.75) is 30.0 Å². The molecule has 0 radical (unpaired) electrons. The topological polar surface area (TPSA) is 85.1 Å². The molecule has 3 rings (SSSR count). The number of hydrogen-bond acceptors (Lipinski definition) is 5. The van der Waals surface area contributed by atoms with Gasteiger partial charge in [0.1, 0.15) is 10.7 Å². The number of amides is 2. The zero-order chi connectivity index (χ0) is 16.9. The van der Waals surface area contributed by atoms with Crippen LogP contribution in [0.5, 0.6) is 0 Å². The predicted octanol–water partition coefficient (Wildman–Crippen LogP) is 3.52. The van der Waals surface area contributed by atoms with Crippen LogP contribution in [0.15, 0.2) is 34.7 Å². The number of rotatable bonds is 6. The number of carbonyl (C=O) groups is 2. The Morgan fingerprint density at radius 2 is 1.96 bits per heavy atom. The van der Waals surface area contributed by atoms with E-state index in [2.05, 4.69) is 10.3 Å². The van der Waals surface area contributed by atoms with Crippen LogP contribution >= 0.6 is 23.1 Å². The van der Waals surface area contributed by atoms with Crippen molar-refractivity contribution in [1.29, 1.82) is 0 Å². The van der Waals surface area contributed by atoms with E-state index in [1.54, 1.807) is 0 Å². The van der Waals surface area contributed by atoms with Crippen molar-refractivity contribution in [1.82, 2.24) is 4.98 Å². The van der Waals surface area contributed by atoms with Crippen LogP contribution in [0.1, 0.15) is 25.7 Å². The van der Waals surface area contributed by atoms with E-state index in [-0.39, 0.29) is 23.5 Å². The molecule has 3 N–H and O–H groups in total. The Balaban J connectivity index is 1.84. The lowest BCUT2D eigenvalue weighted by Gasteiger charge is -2.09. The number of carbonyl (C=O) groups excluding carboxylic acids is 2. The highest BCUT2D eigenvalue weighted by molar-refractivity contribution is 8.01. The molecule has 1 aliphatic carbocycles. The number of anilines is 1. The molecule has 0 saturated heterocycles. The standard InChI is InChI=1S/C17H19N3O2S2/c18-13(21)10-23-17-19-14(11-6-2-1-3-7-11)16(24-17)20-15(22)12-8-4-5-9-12/h1-3,6-7,12H,4-5,8-10H2,(H2,18,21)(H,20,22). The molecule has 5 nitrogen and oxygen atoms in total. The van der Waals surface area contributed by atoms with Crippen molar-refractivity contribution in [3.05, 3.63) is 30.3 Å². The number of hydrogen-bond donors (Lipinski definition) is 2. The average molecular weight is 361 g/mol. The first-order valence-corrected chi connectivity index (χ1v) is 9.72. The summed E-state index contributed by atoms with van der Waals surface area (Å²) in [6, 6.07) is 9.74. The Bertz CT molecular complexity index is 725. The molecule has 1 aromatic heterocycles. The summed E-state index contributed by atoms with van der Waals surface area (Å²) in [4.78, 5) is 28.0. The third-order valence-corrected chi connectivity index (χ3v) is 6.09. The molecule has 2 amide bonds. The Labute approximate surface area is 149 Å². The van der Waals surface area contributed by atoms with E-state index in [4.69, 9.17) is 5.73 Å². The highest BCUT2D eigenvalue weighted by Crippen LogP contribution is 2.38. The summed E-state index contributed by atoms with van der Waals surface area (Å²) in [7, 11) is 0. The molecule has 0 bridgehead atoms. The number of aromatic nitrogens is 1. The Morgan fingerprint density at radius 3 is 2.62 bits per heavy atom. The van der Waals surface area contributed by atoms with Gasteiger partial charge in [-0.25, -0.2) is 4.98 Å². The van der Waals surface area contributed by atoms with Gasteiger partial charge in [0.15, 0.2) is 4.34 Å². The van der Waals surface area contributed by atoms with E-state index in [9.17, 15) is 9.59 Å². The first-order valence-electron chi connectivity index (χ1n) is 7.91. The second kappa shape index (κ2) is 7.81. The first-order chi connectivity index (χ1) is 11.6.